The predicted molar refractivity (Wildman–Crippen MR) is 79.0 cm³/mol. The molecule has 0 bridgehead atoms. The Kier molecular flexibility index (Phi) is 4.39. The van der Waals surface area contributed by atoms with E-state index in [0.29, 0.717) is 18.0 Å². The van der Waals surface area contributed by atoms with Crippen LogP contribution in [0.1, 0.15) is 23.2 Å². The Morgan fingerprint density at radius 2 is 2.32 bits per heavy atom. The highest BCUT2D eigenvalue weighted by Gasteiger charge is 2.26. The van der Waals surface area contributed by atoms with Crippen LogP contribution in [0.2, 0.25) is 0 Å². The highest BCUT2D eigenvalue weighted by atomic mass is 32.2. The van der Waals surface area contributed by atoms with Gasteiger partial charge in [0.1, 0.15) is 0 Å². The van der Waals surface area contributed by atoms with Crippen LogP contribution in [0.15, 0.2) is 23.1 Å². The molecule has 4 heteroatoms. The maximum Gasteiger partial charge on any atom is 0.338 e. The summed E-state index contributed by atoms with van der Waals surface area (Å²) in [6, 6.07) is 5.58. The average Bonchev–Trinajstić information content (AvgIpc) is 3.21. The lowest BCUT2D eigenvalue weighted by Gasteiger charge is -2.25. The predicted octanol–water partition coefficient (Wildman–Crippen LogP) is 2.96. The third-order valence-electron chi connectivity index (χ3n) is 3.24. The number of nitrogens with zero attached hydrogens (tertiary/aromatic N) is 1. The van der Waals surface area contributed by atoms with Crippen LogP contribution in [0.3, 0.4) is 0 Å². The second kappa shape index (κ2) is 6.03. The summed E-state index contributed by atoms with van der Waals surface area (Å²) in [5, 5.41) is 9.45. The number of rotatable bonds is 6. The van der Waals surface area contributed by atoms with Gasteiger partial charge >= 0.3 is 5.97 Å². The summed E-state index contributed by atoms with van der Waals surface area (Å²) in [6.45, 7) is 1.30. The zero-order valence-corrected chi connectivity index (χ0v) is 11.7. The fourth-order valence-corrected chi connectivity index (χ4v) is 2.75. The third-order valence-corrected chi connectivity index (χ3v) is 4.02. The van der Waals surface area contributed by atoms with Crippen molar-refractivity contribution in [3.05, 3.63) is 23.8 Å². The van der Waals surface area contributed by atoms with Crippen molar-refractivity contribution in [1.29, 1.82) is 0 Å². The van der Waals surface area contributed by atoms with Crippen molar-refractivity contribution in [3.8, 4) is 12.3 Å². The second-order valence-corrected chi connectivity index (χ2v) is 5.54. The number of hydrogen-bond donors (Lipinski definition) is 1. The average molecular weight is 275 g/mol. The van der Waals surface area contributed by atoms with Crippen LogP contribution in [0, 0.1) is 18.3 Å². The molecule has 3 nitrogen and oxygen atoms in total. The number of hydrogen-bond acceptors (Lipinski definition) is 3. The fourth-order valence-electron chi connectivity index (χ4n) is 2.14. The van der Waals surface area contributed by atoms with E-state index in [1.54, 1.807) is 0 Å². The Morgan fingerprint density at radius 3 is 2.84 bits per heavy atom. The van der Waals surface area contributed by atoms with Crippen molar-refractivity contribution in [1.82, 2.24) is 0 Å². The Labute approximate surface area is 118 Å². The first-order valence-corrected chi connectivity index (χ1v) is 7.48. The van der Waals surface area contributed by atoms with Crippen LogP contribution < -0.4 is 4.90 Å². The molecular formula is C15H17NO2S. The minimum atomic E-state index is -0.891. The summed E-state index contributed by atoms with van der Waals surface area (Å²) in [7, 11) is 0. The smallest absolute Gasteiger partial charge is 0.338 e. The topological polar surface area (TPSA) is 40.5 Å². The van der Waals surface area contributed by atoms with E-state index >= 15 is 0 Å². The molecule has 0 radical (unpaired) electrons. The molecule has 0 saturated heterocycles. The number of benzene rings is 1. The zero-order chi connectivity index (χ0) is 13.8. The lowest BCUT2D eigenvalue weighted by Crippen LogP contribution is -2.28. The first-order valence-electron chi connectivity index (χ1n) is 6.26. The van der Waals surface area contributed by atoms with Crippen molar-refractivity contribution in [2.45, 2.75) is 17.7 Å². The SMILES string of the molecule is C#CCN(CC1CC1)c1cccc(SC)c1C(=O)O. The maximum atomic E-state index is 11.5. The van der Waals surface area contributed by atoms with Crippen LogP contribution in [0.5, 0.6) is 0 Å². The van der Waals surface area contributed by atoms with Crippen LogP contribution in [-0.2, 0) is 0 Å². The Balaban J connectivity index is 2.39. The van der Waals surface area contributed by atoms with Crippen molar-refractivity contribution in [3.63, 3.8) is 0 Å². The molecular weight excluding hydrogens is 258 g/mol. The molecule has 1 aromatic carbocycles. The molecule has 0 heterocycles. The molecule has 0 aliphatic heterocycles. The number of aromatic carboxylic acids is 1. The van der Waals surface area contributed by atoms with Crippen LogP contribution in [0.25, 0.3) is 0 Å². The van der Waals surface area contributed by atoms with E-state index in [2.05, 4.69) is 5.92 Å². The third kappa shape index (κ3) is 3.24. The molecule has 0 spiro atoms. The van der Waals surface area contributed by atoms with E-state index in [9.17, 15) is 9.90 Å². The van der Waals surface area contributed by atoms with Crippen molar-refractivity contribution in [2.24, 2.45) is 5.92 Å². The molecule has 1 saturated carbocycles. The van der Waals surface area contributed by atoms with Crippen molar-refractivity contribution >= 4 is 23.4 Å². The number of anilines is 1. The van der Waals surface area contributed by atoms with E-state index in [4.69, 9.17) is 6.42 Å². The van der Waals surface area contributed by atoms with E-state index in [-0.39, 0.29) is 0 Å². The molecule has 0 aromatic heterocycles. The molecule has 19 heavy (non-hydrogen) atoms. The molecule has 0 amide bonds. The van der Waals surface area contributed by atoms with E-state index in [1.807, 2.05) is 29.4 Å². The second-order valence-electron chi connectivity index (χ2n) is 4.69. The molecule has 1 aliphatic rings. The van der Waals surface area contributed by atoms with Gasteiger partial charge in [0.2, 0.25) is 0 Å². The fraction of sp³-hybridized carbons (Fsp3) is 0.400. The minimum Gasteiger partial charge on any atom is -0.478 e. The lowest BCUT2D eigenvalue weighted by atomic mass is 10.1. The van der Waals surface area contributed by atoms with Gasteiger partial charge in [0, 0.05) is 11.4 Å². The van der Waals surface area contributed by atoms with Crippen LogP contribution in [0.4, 0.5) is 5.69 Å². The number of thioether (sulfide) groups is 1. The summed E-state index contributed by atoms with van der Waals surface area (Å²) in [4.78, 5) is 14.3. The van der Waals surface area contributed by atoms with Gasteiger partial charge in [0.15, 0.2) is 0 Å². The number of carboxylic acids is 1. The Morgan fingerprint density at radius 1 is 1.58 bits per heavy atom. The largest absolute Gasteiger partial charge is 0.478 e. The number of terminal acetylenes is 1. The molecule has 100 valence electrons. The van der Waals surface area contributed by atoms with E-state index in [1.165, 1.54) is 24.6 Å². The van der Waals surface area contributed by atoms with Crippen LogP contribution in [-0.4, -0.2) is 30.4 Å². The van der Waals surface area contributed by atoms with Gasteiger partial charge in [-0.15, -0.1) is 18.2 Å². The molecule has 2 rings (SSSR count). The van der Waals surface area contributed by atoms with Gasteiger partial charge < -0.3 is 10.0 Å². The lowest BCUT2D eigenvalue weighted by molar-refractivity contribution is 0.0694. The molecule has 0 atom stereocenters. The van der Waals surface area contributed by atoms with E-state index in [0.717, 1.165) is 17.1 Å². The molecule has 1 aliphatic carbocycles. The number of carbonyl (C=O) groups is 1. The molecule has 0 unspecified atom stereocenters. The quantitative estimate of drug-likeness (QED) is 0.640. The summed E-state index contributed by atoms with van der Waals surface area (Å²) in [6.07, 6.45) is 9.73. The van der Waals surface area contributed by atoms with Gasteiger partial charge in [0.05, 0.1) is 17.8 Å². The van der Waals surface area contributed by atoms with Gasteiger partial charge in [-0.1, -0.05) is 12.0 Å². The first kappa shape index (κ1) is 13.8. The normalized spacial score (nSPS) is 13.9. The maximum absolute atomic E-state index is 11.5. The minimum absolute atomic E-state index is 0.367. The van der Waals surface area contributed by atoms with E-state index < -0.39 is 5.97 Å². The first-order chi connectivity index (χ1) is 9.17. The van der Waals surface area contributed by atoms with Gasteiger partial charge in [-0.25, -0.2) is 4.79 Å². The highest BCUT2D eigenvalue weighted by Crippen LogP contribution is 2.34. The molecule has 1 fully saturated rings. The highest BCUT2D eigenvalue weighted by molar-refractivity contribution is 7.98. The summed E-state index contributed by atoms with van der Waals surface area (Å²) in [5.41, 5.74) is 1.11. The molecule has 1 aromatic rings. The Bertz CT molecular complexity index is 517. The summed E-state index contributed by atoms with van der Waals surface area (Å²) >= 11 is 1.45. The van der Waals surface area contributed by atoms with Gasteiger partial charge in [-0.2, -0.15) is 0 Å². The number of carboxylic acid groups (broad SMARTS) is 1. The van der Waals surface area contributed by atoms with Gasteiger partial charge in [0.25, 0.3) is 0 Å². The van der Waals surface area contributed by atoms with Crippen LogP contribution >= 0.6 is 11.8 Å². The van der Waals surface area contributed by atoms with Crippen molar-refractivity contribution in [2.75, 3.05) is 24.2 Å². The van der Waals surface area contributed by atoms with Gasteiger partial charge in [-0.05, 0) is 37.1 Å². The summed E-state index contributed by atoms with van der Waals surface area (Å²) in [5.74, 6) is 2.40. The summed E-state index contributed by atoms with van der Waals surface area (Å²) < 4.78 is 0. The monoisotopic (exact) mass is 275 g/mol. The standard InChI is InChI=1S/C15H17NO2S/c1-3-9-16(10-11-7-8-11)12-5-4-6-13(19-2)14(12)15(17)18/h1,4-6,11H,7-10H2,2H3,(H,17,18). The van der Waals surface area contributed by atoms with Gasteiger partial charge in [-0.3, -0.25) is 0 Å². The zero-order valence-electron chi connectivity index (χ0n) is 10.9. The Hall–Kier alpha value is -1.60. The molecule has 1 N–H and O–H groups in total. The van der Waals surface area contributed by atoms with Crippen molar-refractivity contribution < 1.29 is 9.90 Å².